The van der Waals surface area contributed by atoms with Crippen LogP contribution in [0.15, 0.2) is 66.9 Å². The molecule has 0 saturated carbocycles. The van der Waals surface area contributed by atoms with Crippen molar-refractivity contribution in [2.24, 2.45) is 0 Å². The first kappa shape index (κ1) is 24.4. The number of hydrogen-bond acceptors (Lipinski definition) is 5. The summed E-state index contributed by atoms with van der Waals surface area (Å²) in [6.07, 6.45) is 6.39. The van der Waals surface area contributed by atoms with E-state index in [0.717, 1.165) is 47.5 Å². The van der Waals surface area contributed by atoms with E-state index in [0.29, 0.717) is 16.9 Å². The predicted octanol–water partition coefficient (Wildman–Crippen LogP) is 8.78. The van der Waals surface area contributed by atoms with Gasteiger partial charge in [0.15, 0.2) is 0 Å². The molecule has 0 amide bonds. The molecule has 4 nitrogen and oxygen atoms in total. The van der Waals surface area contributed by atoms with Gasteiger partial charge in [0.2, 0.25) is 5.95 Å². The van der Waals surface area contributed by atoms with E-state index in [4.69, 9.17) is 21.6 Å². The lowest BCUT2D eigenvalue weighted by Crippen LogP contribution is -2.09. The summed E-state index contributed by atoms with van der Waals surface area (Å²) < 4.78 is 0. The summed E-state index contributed by atoms with van der Waals surface area (Å²) in [6, 6.07) is 20.3. The van der Waals surface area contributed by atoms with Crippen LogP contribution in [0.5, 0.6) is 0 Å². The molecule has 0 spiro atoms. The van der Waals surface area contributed by atoms with Crippen molar-refractivity contribution in [2.45, 2.75) is 58.4 Å². The van der Waals surface area contributed by atoms with Gasteiger partial charge in [-0.15, -0.1) is 11.3 Å². The fraction of sp³-hybridized carbons (Fsp3) is 0.321. The quantitative estimate of drug-likeness (QED) is 0.241. The van der Waals surface area contributed by atoms with Crippen molar-refractivity contribution in [3.05, 3.63) is 82.5 Å². The minimum Gasteiger partial charge on any atom is -0.348 e. The molecule has 176 valence electrons. The Morgan fingerprint density at radius 3 is 2.41 bits per heavy atom. The molecule has 0 aliphatic rings. The minimum absolute atomic E-state index is 0.0966. The van der Waals surface area contributed by atoms with Crippen LogP contribution in [-0.2, 0) is 0 Å². The Hall–Kier alpha value is -2.76. The van der Waals surface area contributed by atoms with Gasteiger partial charge in [-0.3, -0.25) is 0 Å². The van der Waals surface area contributed by atoms with Crippen LogP contribution in [0.3, 0.4) is 0 Å². The first-order valence-electron chi connectivity index (χ1n) is 12.0. The molecule has 2 heterocycles. The van der Waals surface area contributed by atoms with Crippen LogP contribution in [-0.4, -0.2) is 15.0 Å². The standard InChI is InChI=1S/C28H31ClN4S/c1-4-10-21(11-5-2)27-33-25(22-14-9-15-23(29)18-22)26(34-27)24-16-17-30-28(32-24)31-19(3)20-12-7-6-8-13-20/h6-9,12-19,21H,4-5,10-11H2,1-3H3,(H,30,31,32). The molecular weight excluding hydrogens is 460 g/mol. The molecule has 4 rings (SSSR count). The molecule has 1 unspecified atom stereocenters. The summed E-state index contributed by atoms with van der Waals surface area (Å²) >= 11 is 8.10. The highest BCUT2D eigenvalue weighted by molar-refractivity contribution is 7.15. The number of benzene rings is 2. The van der Waals surface area contributed by atoms with Crippen LogP contribution in [0.25, 0.3) is 21.8 Å². The molecule has 0 aliphatic carbocycles. The van der Waals surface area contributed by atoms with Gasteiger partial charge in [0.1, 0.15) is 0 Å². The topological polar surface area (TPSA) is 50.7 Å². The Morgan fingerprint density at radius 1 is 0.941 bits per heavy atom. The SMILES string of the molecule is CCCC(CCC)c1nc(-c2cccc(Cl)c2)c(-c2ccnc(NC(C)c3ccccc3)n2)s1. The highest BCUT2D eigenvalue weighted by atomic mass is 35.5. The van der Waals surface area contributed by atoms with Crippen molar-refractivity contribution in [3.63, 3.8) is 0 Å². The third-order valence-corrected chi connectivity index (χ3v) is 7.37. The summed E-state index contributed by atoms with van der Waals surface area (Å²) in [5.41, 5.74) is 4.03. The second kappa shape index (κ2) is 11.6. The van der Waals surface area contributed by atoms with Gasteiger partial charge >= 0.3 is 0 Å². The molecule has 0 saturated heterocycles. The molecular formula is C28H31ClN4S. The summed E-state index contributed by atoms with van der Waals surface area (Å²) in [7, 11) is 0. The van der Waals surface area contributed by atoms with Crippen molar-refractivity contribution in [1.29, 1.82) is 0 Å². The average Bonchev–Trinajstić information content (AvgIpc) is 3.30. The number of nitrogens with one attached hydrogen (secondary N) is 1. The molecule has 0 fully saturated rings. The number of nitrogens with zero attached hydrogens (tertiary/aromatic N) is 3. The Balaban J connectivity index is 1.73. The zero-order chi connectivity index (χ0) is 23.9. The molecule has 6 heteroatoms. The molecule has 4 aromatic rings. The van der Waals surface area contributed by atoms with Gasteiger partial charge in [-0.1, -0.05) is 80.8 Å². The van der Waals surface area contributed by atoms with Gasteiger partial charge < -0.3 is 5.32 Å². The lowest BCUT2D eigenvalue weighted by Gasteiger charge is -2.14. The molecule has 1 N–H and O–H groups in total. The van der Waals surface area contributed by atoms with E-state index < -0.39 is 0 Å². The van der Waals surface area contributed by atoms with Crippen LogP contribution in [0.4, 0.5) is 5.95 Å². The van der Waals surface area contributed by atoms with Gasteiger partial charge in [0.25, 0.3) is 0 Å². The molecule has 0 radical (unpaired) electrons. The van der Waals surface area contributed by atoms with Crippen molar-refractivity contribution < 1.29 is 0 Å². The highest BCUT2D eigenvalue weighted by Crippen LogP contribution is 2.41. The van der Waals surface area contributed by atoms with Gasteiger partial charge in [0.05, 0.1) is 27.3 Å². The van der Waals surface area contributed by atoms with E-state index >= 15 is 0 Å². The van der Waals surface area contributed by atoms with E-state index in [9.17, 15) is 0 Å². The van der Waals surface area contributed by atoms with E-state index in [2.05, 4.69) is 49.3 Å². The fourth-order valence-electron chi connectivity index (χ4n) is 4.18. The second-order valence-corrected chi connectivity index (χ2v) is 10.0. The van der Waals surface area contributed by atoms with Crippen LogP contribution in [0, 0.1) is 0 Å². The first-order chi connectivity index (χ1) is 16.6. The summed E-state index contributed by atoms with van der Waals surface area (Å²) in [6.45, 7) is 6.60. The monoisotopic (exact) mass is 490 g/mol. The van der Waals surface area contributed by atoms with Crippen LogP contribution < -0.4 is 5.32 Å². The molecule has 0 aliphatic heterocycles. The molecule has 0 bridgehead atoms. The first-order valence-corrected chi connectivity index (χ1v) is 13.2. The number of halogens is 1. The third kappa shape index (κ3) is 5.83. The smallest absolute Gasteiger partial charge is 0.223 e. The van der Waals surface area contributed by atoms with E-state index in [-0.39, 0.29) is 6.04 Å². The fourth-order valence-corrected chi connectivity index (χ4v) is 5.60. The summed E-state index contributed by atoms with van der Waals surface area (Å²) in [5.74, 6) is 1.07. The van der Waals surface area contributed by atoms with E-state index in [1.54, 1.807) is 11.3 Å². The minimum atomic E-state index is 0.0966. The van der Waals surface area contributed by atoms with E-state index in [1.165, 1.54) is 10.6 Å². The molecule has 2 aromatic heterocycles. The average molecular weight is 491 g/mol. The zero-order valence-electron chi connectivity index (χ0n) is 20.0. The maximum absolute atomic E-state index is 6.34. The Bertz CT molecular complexity index is 1200. The lowest BCUT2D eigenvalue weighted by molar-refractivity contribution is 0.558. The molecule has 1 atom stereocenters. The maximum Gasteiger partial charge on any atom is 0.223 e. The Kier molecular flexibility index (Phi) is 8.30. The van der Waals surface area contributed by atoms with Crippen molar-refractivity contribution >= 4 is 28.9 Å². The summed E-state index contributed by atoms with van der Waals surface area (Å²) in [4.78, 5) is 15.6. The normalized spacial score (nSPS) is 12.1. The summed E-state index contributed by atoms with van der Waals surface area (Å²) in [5, 5.41) is 5.33. The maximum atomic E-state index is 6.34. The van der Waals surface area contributed by atoms with Crippen LogP contribution >= 0.6 is 22.9 Å². The second-order valence-electron chi connectivity index (χ2n) is 8.56. The van der Waals surface area contributed by atoms with Crippen molar-refractivity contribution in [3.8, 4) is 21.8 Å². The van der Waals surface area contributed by atoms with Gasteiger partial charge in [-0.2, -0.15) is 0 Å². The number of aromatic nitrogens is 3. The van der Waals surface area contributed by atoms with Crippen LogP contribution in [0.1, 0.15) is 69.0 Å². The zero-order valence-corrected chi connectivity index (χ0v) is 21.5. The number of anilines is 1. The molecule has 34 heavy (non-hydrogen) atoms. The predicted molar refractivity (Wildman–Crippen MR) is 145 cm³/mol. The van der Waals surface area contributed by atoms with E-state index in [1.807, 2.05) is 48.7 Å². The Morgan fingerprint density at radius 2 is 1.71 bits per heavy atom. The number of rotatable bonds is 10. The highest BCUT2D eigenvalue weighted by Gasteiger charge is 2.22. The van der Waals surface area contributed by atoms with Gasteiger partial charge in [-0.05, 0) is 43.5 Å². The van der Waals surface area contributed by atoms with Crippen molar-refractivity contribution in [1.82, 2.24) is 15.0 Å². The Labute approximate surface area is 211 Å². The molecule has 2 aromatic carbocycles. The lowest BCUT2D eigenvalue weighted by atomic mass is 9.99. The number of hydrogen-bond donors (Lipinski definition) is 1. The van der Waals surface area contributed by atoms with Crippen molar-refractivity contribution in [2.75, 3.05) is 5.32 Å². The third-order valence-electron chi connectivity index (χ3n) is 5.90. The number of thiazole rings is 1. The largest absolute Gasteiger partial charge is 0.348 e. The van der Waals surface area contributed by atoms with Gasteiger partial charge in [-0.25, -0.2) is 15.0 Å². The van der Waals surface area contributed by atoms with Crippen LogP contribution in [0.2, 0.25) is 5.02 Å². The van der Waals surface area contributed by atoms with Gasteiger partial charge in [0, 0.05) is 22.7 Å².